The molecule has 4 heteroatoms. The molecule has 0 atom stereocenters. The van der Waals surface area contributed by atoms with Crippen LogP contribution >= 0.6 is 0 Å². The van der Waals surface area contributed by atoms with Gasteiger partial charge in [0.25, 0.3) is 0 Å². The highest BCUT2D eigenvalue weighted by molar-refractivity contribution is 5.51. The third-order valence-corrected chi connectivity index (χ3v) is 1.69. The molecule has 15 heavy (non-hydrogen) atoms. The molecule has 1 rings (SSSR count). The van der Waals surface area contributed by atoms with Crippen molar-refractivity contribution in [3.05, 3.63) is 24.3 Å². The zero-order valence-corrected chi connectivity index (χ0v) is 8.60. The second kappa shape index (κ2) is 6.76. The summed E-state index contributed by atoms with van der Waals surface area (Å²) < 4.78 is 10.5. The topological polar surface area (TPSA) is 47.9 Å². The van der Waals surface area contributed by atoms with Gasteiger partial charge in [0.1, 0.15) is 12.4 Å². The molecule has 0 aromatic heterocycles. The Hall–Kier alpha value is -1.64. The van der Waals surface area contributed by atoms with E-state index in [1.807, 2.05) is 6.92 Å². The van der Waals surface area contributed by atoms with Gasteiger partial charge < -0.3 is 9.47 Å². The Morgan fingerprint density at radius 2 is 2.27 bits per heavy atom. The number of benzene rings is 1. The molecule has 1 aromatic rings. The number of carbonyl (C=O) groups excluding carboxylic acids is 1. The molecule has 1 aromatic carbocycles. The van der Waals surface area contributed by atoms with Crippen LogP contribution in [0.25, 0.3) is 0 Å². The summed E-state index contributed by atoms with van der Waals surface area (Å²) in [7, 11) is 0. The van der Waals surface area contributed by atoms with Crippen molar-refractivity contribution in [2.24, 2.45) is 4.99 Å². The average molecular weight is 207 g/mol. The van der Waals surface area contributed by atoms with Crippen molar-refractivity contribution >= 4 is 11.8 Å². The van der Waals surface area contributed by atoms with E-state index >= 15 is 0 Å². The molecule has 0 N–H and O–H groups in total. The summed E-state index contributed by atoms with van der Waals surface area (Å²) in [6.45, 7) is 3.65. The SMILES string of the molecule is CCOCCOc1cccc(N=C=O)c1. The van der Waals surface area contributed by atoms with E-state index in [4.69, 9.17) is 9.47 Å². The molecule has 0 saturated carbocycles. The summed E-state index contributed by atoms with van der Waals surface area (Å²) in [5, 5.41) is 0. The summed E-state index contributed by atoms with van der Waals surface area (Å²) in [6, 6.07) is 6.96. The van der Waals surface area contributed by atoms with Crippen molar-refractivity contribution in [3.8, 4) is 5.75 Å². The number of aliphatic imine (C=N–C) groups is 1. The zero-order valence-electron chi connectivity index (χ0n) is 8.60. The fraction of sp³-hybridized carbons (Fsp3) is 0.364. The van der Waals surface area contributed by atoms with Gasteiger partial charge in [0, 0.05) is 12.7 Å². The van der Waals surface area contributed by atoms with Crippen LogP contribution in [0.5, 0.6) is 5.75 Å². The van der Waals surface area contributed by atoms with Crippen LogP contribution in [0.3, 0.4) is 0 Å². The number of isocyanates is 1. The molecular weight excluding hydrogens is 194 g/mol. The number of rotatable bonds is 6. The van der Waals surface area contributed by atoms with Crippen molar-refractivity contribution in [1.82, 2.24) is 0 Å². The van der Waals surface area contributed by atoms with Crippen molar-refractivity contribution in [2.45, 2.75) is 6.92 Å². The van der Waals surface area contributed by atoms with E-state index in [0.717, 1.165) is 0 Å². The van der Waals surface area contributed by atoms with Crippen LogP contribution in [0.4, 0.5) is 5.69 Å². The fourth-order valence-electron chi connectivity index (χ4n) is 1.06. The van der Waals surface area contributed by atoms with Crippen molar-refractivity contribution in [1.29, 1.82) is 0 Å². The van der Waals surface area contributed by atoms with E-state index in [1.54, 1.807) is 24.3 Å². The van der Waals surface area contributed by atoms with Crippen LogP contribution in [-0.4, -0.2) is 25.9 Å². The molecular formula is C11H13NO3. The minimum absolute atomic E-state index is 0.488. The highest BCUT2D eigenvalue weighted by Gasteiger charge is 1.95. The fourth-order valence-corrected chi connectivity index (χ4v) is 1.06. The Labute approximate surface area is 88.5 Å². The number of ether oxygens (including phenoxy) is 2. The third kappa shape index (κ3) is 4.40. The first-order valence-electron chi connectivity index (χ1n) is 4.75. The van der Waals surface area contributed by atoms with Gasteiger partial charge in [-0.2, -0.15) is 4.99 Å². The largest absolute Gasteiger partial charge is 0.491 e. The quantitative estimate of drug-likeness (QED) is 0.407. The smallest absolute Gasteiger partial charge is 0.240 e. The Balaban J connectivity index is 2.46. The first kappa shape index (κ1) is 11.4. The second-order valence-electron chi connectivity index (χ2n) is 2.75. The molecule has 0 heterocycles. The van der Waals surface area contributed by atoms with Gasteiger partial charge in [0.05, 0.1) is 12.3 Å². The lowest BCUT2D eigenvalue weighted by Crippen LogP contribution is -2.05. The molecule has 0 spiro atoms. The minimum atomic E-state index is 0.488. The molecule has 0 amide bonds. The standard InChI is InChI=1S/C11H13NO3/c1-2-14-6-7-15-11-5-3-4-10(8-11)12-9-13/h3-5,8H,2,6-7H2,1H3. The highest BCUT2D eigenvalue weighted by Crippen LogP contribution is 2.18. The maximum Gasteiger partial charge on any atom is 0.240 e. The van der Waals surface area contributed by atoms with E-state index in [2.05, 4.69) is 4.99 Å². The van der Waals surface area contributed by atoms with Gasteiger partial charge >= 0.3 is 0 Å². The van der Waals surface area contributed by atoms with Crippen molar-refractivity contribution in [2.75, 3.05) is 19.8 Å². The molecule has 0 unspecified atom stereocenters. The van der Waals surface area contributed by atoms with Crippen LogP contribution in [0.2, 0.25) is 0 Å². The second-order valence-corrected chi connectivity index (χ2v) is 2.75. The lowest BCUT2D eigenvalue weighted by molar-refractivity contribution is 0.110. The van der Waals surface area contributed by atoms with Crippen molar-refractivity contribution in [3.63, 3.8) is 0 Å². The normalized spacial score (nSPS) is 9.40. The van der Waals surface area contributed by atoms with Crippen LogP contribution in [0.15, 0.2) is 29.3 Å². The first-order valence-corrected chi connectivity index (χ1v) is 4.75. The summed E-state index contributed by atoms with van der Waals surface area (Å²) in [5.74, 6) is 0.672. The van der Waals surface area contributed by atoms with Crippen LogP contribution in [0, 0.1) is 0 Å². The summed E-state index contributed by atoms with van der Waals surface area (Å²) in [4.78, 5) is 13.5. The van der Waals surface area contributed by atoms with Gasteiger partial charge in [-0.15, -0.1) is 0 Å². The predicted octanol–water partition coefficient (Wildman–Crippen LogP) is 2.07. The molecule has 0 saturated heterocycles. The van der Waals surface area contributed by atoms with E-state index in [-0.39, 0.29) is 0 Å². The number of nitrogens with zero attached hydrogens (tertiary/aromatic N) is 1. The molecule has 0 aliphatic carbocycles. The first-order chi connectivity index (χ1) is 7.36. The van der Waals surface area contributed by atoms with Crippen molar-refractivity contribution < 1.29 is 14.3 Å². The van der Waals surface area contributed by atoms with Gasteiger partial charge in [0.2, 0.25) is 6.08 Å². The molecule has 0 fully saturated rings. The van der Waals surface area contributed by atoms with Gasteiger partial charge in [-0.1, -0.05) is 6.07 Å². The van der Waals surface area contributed by atoms with Gasteiger partial charge in [-0.25, -0.2) is 4.79 Å². The predicted molar refractivity (Wildman–Crippen MR) is 56.2 cm³/mol. The van der Waals surface area contributed by atoms with Crippen LogP contribution in [-0.2, 0) is 9.53 Å². The zero-order chi connectivity index (χ0) is 10.9. The van der Waals surface area contributed by atoms with E-state index in [0.29, 0.717) is 31.3 Å². The highest BCUT2D eigenvalue weighted by atomic mass is 16.5. The molecule has 80 valence electrons. The van der Waals surface area contributed by atoms with E-state index in [1.165, 1.54) is 6.08 Å². The summed E-state index contributed by atoms with van der Waals surface area (Å²) in [5.41, 5.74) is 0.541. The lowest BCUT2D eigenvalue weighted by atomic mass is 10.3. The van der Waals surface area contributed by atoms with Gasteiger partial charge in [-0.3, -0.25) is 0 Å². The third-order valence-electron chi connectivity index (χ3n) is 1.69. The molecule has 0 bridgehead atoms. The monoisotopic (exact) mass is 207 g/mol. The van der Waals surface area contributed by atoms with Gasteiger partial charge in [0.15, 0.2) is 0 Å². The van der Waals surface area contributed by atoms with E-state index < -0.39 is 0 Å². The lowest BCUT2D eigenvalue weighted by Gasteiger charge is -2.05. The Morgan fingerprint density at radius 3 is 3.00 bits per heavy atom. The molecule has 4 nitrogen and oxygen atoms in total. The molecule has 0 radical (unpaired) electrons. The van der Waals surface area contributed by atoms with Crippen LogP contribution < -0.4 is 4.74 Å². The van der Waals surface area contributed by atoms with E-state index in [9.17, 15) is 4.79 Å². The maximum atomic E-state index is 10.0. The minimum Gasteiger partial charge on any atom is -0.491 e. The Kier molecular flexibility index (Phi) is 5.15. The maximum absolute atomic E-state index is 10.0. The molecule has 0 aliphatic rings. The Bertz CT molecular complexity index is 345. The Morgan fingerprint density at radius 1 is 1.40 bits per heavy atom. The number of hydrogen-bond donors (Lipinski definition) is 0. The average Bonchev–Trinajstić information content (AvgIpc) is 2.26. The number of hydrogen-bond acceptors (Lipinski definition) is 4. The van der Waals surface area contributed by atoms with Crippen LogP contribution in [0.1, 0.15) is 6.92 Å². The summed E-state index contributed by atoms with van der Waals surface area (Å²) >= 11 is 0. The molecule has 0 aliphatic heterocycles. The van der Waals surface area contributed by atoms with Gasteiger partial charge in [-0.05, 0) is 19.1 Å². The summed E-state index contributed by atoms with van der Waals surface area (Å²) in [6.07, 6.45) is 1.48.